The Hall–Kier alpha value is -0.760. The van der Waals surface area contributed by atoms with Crippen molar-refractivity contribution in [1.82, 2.24) is 0 Å². The first kappa shape index (κ1) is 11.2. The highest BCUT2D eigenvalue weighted by atomic mass is 14.6. The summed E-state index contributed by atoms with van der Waals surface area (Å²) in [4.78, 5) is 0. The smallest absolute Gasteiger partial charge is 0.0320 e. The molecule has 0 spiro atoms. The molecule has 0 fully saturated rings. The van der Waals surface area contributed by atoms with E-state index in [-0.39, 0.29) is 5.41 Å². The fraction of sp³-hybridized carbons (Fsp3) is 0.600. The Morgan fingerprint density at radius 2 is 1.83 bits per heavy atom. The van der Waals surface area contributed by atoms with Gasteiger partial charge >= 0.3 is 0 Å². The summed E-state index contributed by atoms with van der Waals surface area (Å²) in [5, 5.41) is 0. The van der Waals surface area contributed by atoms with Crippen molar-refractivity contribution in [3.63, 3.8) is 0 Å². The van der Waals surface area contributed by atoms with Gasteiger partial charge in [0.1, 0.15) is 0 Å². The fourth-order valence-electron chi connectivity index (χ4n) is 1.14. The van der Waals surface area contributed by atoms with Crippen molar-refractivity contribution in [3.05, 3.63) is 23.4 Å². The zero-order chi connectivity index (χ0) is 9.78. The topological polar surface area (TPSA) is 52.0 Å². The van der Waals surface area contributed by atoms with Crippen LogP contribution in [0.3, 0.4) is 0 Å². The van der Waals surface area contributed by atoms with E-state index >= 15 is 0 Å². The second-order valence-corrected chi connectivity index (χ2v) is 3.89. The Balaban J connectivity index is 4.86. The van der Waals surface area contributed by atoms with Crippen LogP contribution in [0.1, 0.15) is 27.7 Å². The third-order valence-corrected chi connectivity index (χ3v) is 1.80. The molecule has 0 saturated heterocycles. The molecule has 12 heavy (non-hydrogen) atoms. The van der Waals surface area contributed by atoms with Crippen LogP contribution >= 0.6 is 0 Å². The third-order valence-electron chi connectivity index (χ3n) is 1.80. The van der Waals surface area contributed by atoms with Gasteiger partial charge in [-0.05, 0) is 24.0 Å². The maximum atomic E-state index is 5.84. The number of rotatable bonds is 2. The molecule has 4 N–H and O–H groups in total. The van der Waals surface area contributed by atoms with Gasteiger partial charge < -0.3 is 11.5 Å². The average molecular weight is 168 g/mol. The van der Waals surface area contributed by atoms with Crippen molar-refractivity contribution >= 4 is 0 Å². The predicted octanol–water partition coefficient (Wildman–Crippen LogP) is 1.78. The van der Waals surface area contributed by atoms with E-state index in [1.807, 2.05) is 19.1 Å². The molecule has 0 rings (SSSR count). The molecule has 0 aliphatic carbocycles. The Kier molecular flexibility index (Phi) is 4.04. The first-order chi connectivity index (χ1) is 5.43. The van der Waals surface area contributed by atoms with E-state index in [4.69, 9.17) is 11.5 Å². The first-order valence-corrected chi connectivity index (χ1v) is 4.25. The number of hydrogen-bond acceptors (Lipinski definition) is 2. The van der Waals surface area contributed by atoms with Gasteiger partial charge in [-0.3, -0.25) is 0 Å². The summed E-state index contributed by atoms with van der Waals surface area (Å²) >= 11 is 0. The van der Waals surface area contributed by atoms with Crippen LogP contribution in [0, 0.1) is 5.41 Å². The minimum Gasteiger partial charge on any atom is -0.399 e. The SMILES string of the molecule is C/C=C\C(N)=C(/CN)C(C)(C)C. The lowest BCUT2D eigenvalue weighted by molar-refractivity contribution is 0.490. The largest absolute Gasteiger partial charge is 0.399 e. The quantitative estimate of drug-likeness (QED) is 0.617. The molecule has 2 nitrogen and oxygen atoms in total. The van der Waals surface area contributed by atoms with Gasteiger partial charge in [-0.15, -0.1) is 0 Å². The van der Waals surface area contributed by atoms with Gasteiger partial charge in [0.05, 0.1) is 0 Å². The van der Waals surface area contributed by atoms with Crippen molar-refractivity contribution in [2.24, 2.45) is 16.9 Å². The van der Waals surface area contributed by atoms with Gasteiger partial charge in [0, 0.05) is 12.2 Å². The molecule has 0 atom stereocenters. The zero-order valence-electron chi connectivity index (χ0n) is 8.52. The van der Waals surface area contributed by atoms with Crippen molar-refractivity contribution in [2.45, 2.75) is 27.7 Å². The van der Waals surface area contributed by atoms with Crippen LogP contribution in [0.5, 0.6) is 0 Å². The second-order valence-electron chi connectivity index (χ2n) is 3.89. The Morgan fingerprint density at radius 1 is 1.33 bits per heavy atom. The lowest BCUT2D eigenvalue weighted by Crippen LogP contribution is -2.22. The molecular weight excluding hydrogens is 148 g/mol. The summed E-state index contributed by atoms with van der Waals surface area (Å²) in [6, 6.07) is 0. The van der Waals surface area contributed by atoms with Crippen LogP contribution in [0.15, 0.2) is 23.4 Å². The zero-order valence-corrected chi connectivity index (χ0v) is 8.52. The van der Waals surface area contributed by atoms with Crippen LogP contribution in [0.2, 0.25) is 0 Å². The minimum atomic E-state index is 0.0678. The van der Waals surface area contributed by atoms with E-state index in [1.165, 1.54) is 0 Å². The van der Waals surface area contributed by atoms with Gasteiger partial charge in [0.25, 0.3) is 0 Å². The standard InChI is InChI=1S/C10H20N2/c1-5-6-9(12)8(7-11)10(2,3)4/h5-6H,7,11-12H2,1-4H3/b6-5-,9-8-. The molecule has 0 radical (unpaired) electrons. The predicted molar refractivity (Wildman–Crippen MR) is 54.5 cm³/mol. The molecule has 0 unspecified atom stereocenters. The van der Waals surface area contributed by atoms with Crippen molar-refractivity contribution in [1.29, 1.82) is 0 Å². The molecule has 0 bridgehead atoms. The molecule has 2 heteroatoms. The van der Waals surface area contributed by atoms with E-state index in [1.54, 1.807) is 0 Å². The maximum Gasteiger partial charge on any atom is 0.0320 e. The number of hydrogen-bond donors (Lipinski definition) is 2. The molecule has 0 aromatic carbocycles. The molecule has 0 saturated carbocycles. The lowest BCUT2D eigenvalue weighted by Gasteiger charge is -2.23. The van der Waals surface area contributed by atoms with Crippen molar-refractivity contribution in [2.75, 3.05) is 6.54 Å². The van der Waals surface area contributed by atoms with Gasteiger partial charge in [-0.1, -0.05) is 26.8 Å². The number of nitrogens with two attached hydrogens (primary N) is 2. The van der Waals surface area contributed by atoms with Crippen LogP contribution in [0.25, 0.3) is 0 Å². The van der Waals surface area contributed by atoms with Crippen LogP contribution in [-0.4, -0.2) is 6.54 Å². The van der Waals surface area contributed by atoms with Crippen LogP contribution in [-0.2, 0) is 0 Å². The van der Waals surface area contributed by atoms with E-state index in [2.05, 4.69) is 20.8 Å². The van der Waals surface area contributed by atoms with Gasteiger partial charge in [0.15, 0.2) is 0 Å². The Morgan fingerprint density at radius 3 is 2.08 bits per heavy atom. The average Bonchev–Trinajstić information content (AvgIpc) is 1.85. The lowest BCUT2D eigenvalue weighted by atomic mass is 9.85. The van der Waals surface area contributed by atoms with Gasteiger partial charge in [0.2, 0.25) is 0 Å². The molecule has 0 aliphatic rings. The fourth-order valence-corrected chi connectivity index (χ4v) is 1.14. The van der Waals surface area contributed by atoms with Crippen molar-refractivity contribution < 1.29 is 0 Å². The van der Waals surface area contributed by atoms with E-state index in [0.29, 0.717) is 6.54 Å². The monoisotopic (exact) mass is 168 g/mol. The molecule has 0 aromatic rings. The van der Waals surface area contributed by atoms with Gasteiger partial charge in [-0.2, -0.15) is 0 Å². The van der Waals surface area contributed by atoms with E-state index < -0.39 is 0 Å². The van der Waals surface area contributed by atoms with Crippen LogP contribution in [0.4, 0.5) is 0 Å². The summed E-state index contributed by atoms with van der Waals surface area (Å²) in [7, 11) is 0. The Bertz CT molecular complexity index is 194. The van der Waals surface area contributed by atoms with Gasteiger partial charge in [-0.25, -0.2) is 0 Å². The minimum absolute atomic E-state index is 0.0678. The molecule has 0 amide bonds. The van der Waals surface area contributed by atoms with Crippen molar-refractivity contribution in [3.8, 4) is 0 Å². The summed E-state index contributed by atoms with van der Waals surface area (Å²) in [5.41, 5.74) is 13.4. The molecule has 0 aliphatic heterocycles. The molecule has 0 heterocycles. The maximum absolute atomic E-state index is 5.84. The van der Waals surface area contributed by atoms with Crippen LogP contribution < -0.4 is 11.5 Å². The highest BCUT2D eigenvalue weighted by Crippen LogP contribution is 2.25. The van der Waals surface area contributed by atoms with E-state index in [9.17, 15) is 0 Å². The summed E-state index contributed by atoms with van der Waals surface area (Å²) in [5.74, 6) is 0. The summed E-state index contributed by atoms with van der Waals surface area (Å²) < 4.78 is 0. The highest BCUT2D eigenvalue weighted by molar-refractivity contribution is 5.27. The Labute approximate surface area is 75.3 Å². The first-order valence-electron chi connectivity index (χ1n) is 4.25. The number of allylic oxidation sites excluding steroid dienone is 2. The third kappa shape index (κ3) is 3.09. The summed E-state index contributed by atoms with van der Waals surface area (Å²) in [6.07, 6.45) is 3.82. The van der Waals surface area contributed by atoms with E-state index in [0.717, 1.165) is 11.3 Å². The molecular formula is C10H20N2. The normalized spacial score (nSPS) is 15.1. The molecule has 70 valence electrons. The summed E-state index contributed by atoms with van der Waals surface area (Å²) in [6.45, 7) is 8.83. The highest BCUT2D eigenvalue weighted by Gasteiger charge is 2.17. The second kappa shape index (κ2) is 4.31. The molecule has 0 aromatic heterocycles.